The zero-order valence-electron chi connectivity index (χ0n) is 15.3. The number of hydrogen-bond donors (Lipinski definition) is 3. The van der Waals surface area contributed by atoms with E-state index in [1.165, 1.54) is 12.0 Å². The number of amides is 2. The highest BCUT2D eigenvalue weighted by molar-refractivity contribution is 5.93. The molecule has 0 bridgehead atoms. The minimum absolute atomic E-state index is 0.0136. The van der Waals surface area contributed by atoms with E-state index < -0.39 is 0 Å². The first kappa shape index (κ1) is 17.5. The van der Waals surface area contributed by atoms with Crippen molar-refractivity contribution in [1.82, 2.24) is 9.88 Å². The summed E-state index contributed by atoms with van der Waals surface area (Å²) in [5, 5.41) is 13.6. The Morgan fingerprint density at radius 2 is 2.00 bits per heavy atom. The Hall–Kier alpha value is -2.95. The number of piperidine rings is 1. The molecule has 0 saturated carbocycles. The van der Waals surface area contributed by atoms with Crippen molar-refractivity contribution >= 4 is 22.6 Å². The number of carbonyl (C=O) groups excluding carboxylic acids is 1. The molecule has 1 aromatic heterocycles. The monoisotopic (exact) mass is 363 g/mol. The lowest BCUT2D eigenvalue weighted by Crippen LogP contribution is -2.46. The third-order valence-corrected chi connectivity index (χ3v) is 5.40. The van der Waals surface area contributed by atoms with Gasteiger partial charge in [-0.25, -0.2) is 4.79 Å². The van der Waals surface area contributed by atoms with Gasteiger partial charge in [0, 0.05) is 35.4 Å². The maximum Gasteiger partial charge on any atom is 0.322 e. The van der Waals surface area contributed by atoms with E-state index in [0.29, 0.717) is 0 Å². The highest BCUT2D eigenvalue weighted by Gasteiger charge is 2.26. The Bertz CT molecular complexity index is 917. The number of carbonyl (C=O) groups is 1. The van der Waals surface area contributed by atoms with Crippen molar-refractivity contribution in [2.24, 2.45) is 0 Å². The van der Waals surface area contributed by atoms with E-state index in [9.17, 15) is 9.90 Å². The van der Waals surface area contributed by atoms with Crippen LogP contribution in [0.3, 0.4) is 0 Å². The second-order valence-electron chi connectivity index (χ2n) is 7.26. The summed E-state index contributed by atoms with van der Waals surface area (Å²) in [4.78, 5) is 18.0. The number of likely N-dealkylation sites (tertiary alicyclic amines) is 1. The van der Waals surface area contributed by atoms with Gasteiger partial charge in [0.2, 0.25) is 0 Å². The number of aryl methyl sites for hydroxylation is 1. The first-order chi connectivity index (χ1) is 13.2. The van der Waals surface area contributed by atoms with E-state index in [1.807, 2.05) is 47.5 Å². The van der Waals surface area contributed by atoms with Gasteiger partial charge in [-0.15, -0.1) is 0 Å². The van der Waals surface area contributed by atoms with Gasteiger partial charge in [0.05, 0.1) is 0 Å². The summed E-state index contributed by atoms with van der Waals surface area (Å²) in [5.74, 6) is 0.289. The van der Waals surface area contributed by atoms with Crippen LogP contribution in [0.25, 0.3) is 10.9 Å². The van der Waals surface area contributed by atoms with Crippen LogP contribution in [0.4, 0.5) is 10.5 Å². The molecule has 0 aliphatic carbocycles. The fourth-order valence-electron chi connectivity index (χ4n) is 3.89. The van der Waals surface area contributed by atoms with Crippen LogP contribution in [0.2, 0.25) is 0 Å². The predicted molar refractivity (Wildman–Crippen MR) is 108 cm³/mol. The van der Waals surface area contributed by atoms with E-state index in [1.54, 1.807) is 12.1 Å². The Kier molecular flexibility index (Phi) is 5.01. The van der Waals surface area contributed by atoms with Crippen LogP contribution in [0.1, 0.15) is 31.2 Å². The van der Waals surface area contributed by atoms with Crippen molar-refractivity contribution in [1.29, 1.82) is 0 Å². The highest BCUT2D eigenvalue weighted by Crippen LogP contribution is 2.24. The molecular formula is C22H25N3O2. The molecule has 2 aromatic carbocycles. The second kappa shape index (κ2) is 7.74. The van der Waals surface area contributed by atoms with Crippen molar-refractivity contribution in [3.63, 3.8) is 0 Å². The fourth-order valence-corrected chi connectivity index (χ4v) is 3.89. The van der Waals surface area contributed by atoms with Crippen molar-refractivity contribution in [2.45, 2.75) is 38.1 Å². The SMILES string of the molecule is O=C(Nc1ccc2[nH]ccc2c1)N1CCCCC1CCc1ccc(O)cc1. The van der Waals surface area contributed by atoms with Gasteiger partial charge >= 0.3 is 6.03 Å². The molecule has 2 amide bonds. The first-order valence-electron chi connectivity index (χ1n) is 9.62. The summed E-state index contributed by atoms with van der Waals surface area (Å²) in [6, 6.07) is 15.5. The first-order valence-corrected chi connectivity index (χ1v) is 9.62. The number of aromatic hydroxyl groups is 1. The number of nitrogens with one attached hydrogen (secondary N) is 2. The molecule has 1 aliphatic rings. The van der Waals surface area contributed by atoms with Gasteiger partial charge in [-0.3, -0.25) is 0 Å². The molecule has 4 rings (SSSR count). The summed E-state index contributed by atoms with van der Waals surface area (Å²) in [6.45, 7) is 0.804. The molecule has 1 fully saturated rings. The quantitative estimate of drug-likeness (QED) is 0.617. The van der Waals surface area contributed by atoms with Crippen LogP contribution < -0.4 is 5.32 Å². The van der Waals surface area contributed by atoms with Crippen molar-refractivity contribution in [3.8, 4) is 5.75 Å². The topological polar surface area (TPSA) is 68.4 Å². The van der Waals surface area contributed by atoms with Gasteiger partial charge in [0.15, 0.2) is 0 Å². The molecule has 5 nitrogen and oxygen atoms in total. The average molecular weight is 363 g/mol. The minimum Gasteiger partial charge on any atom is -0.508 e. The zero-order chi connectivity index (χ0) is 18.6. The largest absolute Gasteiger partial charge is 0.508 e. The molecule has 27 heavy (non-hydrogen) atoms. The van der Waals surface area contributed by atoms with Gasteiger partial charge in [0.1, 0.15) is 5.75 Å². The number of hydrogen-bond acceptors (Lipinski definition) is 2. The van der Waals surface area contributed by atoms with Crippen LogP contribution in [0.15, 0.2) is 54.7 Å². The average Bonchev–Trinajstić information content (AvgIpc) is 3.15. The molecule has 5 heteroatoms. The van der Waals surface area contributed by atoms with Crippen molar-refractivity contribution in [3.05, 3.63) is 60.3 Å². The summed E-state index contributed by atoms with van der Waals surface area (Å²) in [5.41, 5.74) is 3.09. The fraction of sp³-hybridized carbons (Fsp3) is 0.318. The third kappa shape index (κ3) is 4.08. The van der Waals surface area contributed by atoms with Gasteiger partial charge in [-0.05, 0) is 74.1 Å². The van der Waals surface area contributed by atoms with Crippen LogP contribution in [-0.2, 0) is 6.42 Å². The number of urea groups is 1. The molecule has 0 radical (unpaired) electrons. The van der Waals surface area contributed by atoms with Crippen molar-refractivity contribution in [2.75, 3.05) is 11.9 Å². The van der Waals surface area contributed by atoms with E-state index in [4.69, 9.17) is 0 Å². The summed E-state index contributed by atoms with van der Waals surface area (Å²) in [7, 11) is 0. The number of rotatable bonds is 4. The molecule has 1 aliphatic heterocycles. The van der Waals surface area contributed by atoms with Crippen LogP contribution in [-0.4, -0.2) is 33.6 Å². The summed E-state index contributed by atoms with van der Waals surface area (Å²) >= 11 is 0. The smallest absolute Gasteiger partial charge is 0.322 e. The molecule has 0 spiro atoms. The third-order valence-electron chi connectivity index (χ3n) is 5.40. The summed E-state index contributed by atoms with van der Waals surface area (Å²) in [6.07, 6.45) is 7.01. The molecule has 140 valence electrons. The normalized spacial score (nSPS) is 17.2. The number of fused-ring (bicyclic) bond motifs is 1. The van der Waals surface area contributed by atoms with Crippen molar-refractivity contribution < 1.29 is 9.90 Å². The molecular weight excluding hydrogens is 338 g/mol. The van der Waals surface area contributed by atoms with Gasteiger partial charge in [-0.1, -0.05) is 12.1 Å². The maximum atomic E-state index is 12.9. The Labute approximate surface area is 159 Å². The number of anilines is 1. The van der Waals surface area contributed by atoms with Gasteiger partial charge in [-0.2, -0.15) is 0 Å². The highest BCUT2D eigenvalue weighted by atomic mass is 16.3. The van der Waals surface area contributed by atoms with Crippen LogP contribution in [0.5, 0.6) is 5.75 Å². The number of aromatic amines is 1. The standard InChI is InChI=1S/C22H25N3O2/c26-20-9-5-16(6-10-20)4-8-19-3-1-2-14-25(19)22(27)24-18-7-11-21-17(15-18)12-13-23-21/h5-7,9-13,15,19,23,26H,1-4,8,14H2,(H,24,27). The number of H-pyrrole nitrogens is 1. The predicted octanol–water partition coefficient (Wildman–Crippen LogP) is 4.89. The summed E-state index contributed by atoms with van der Waals surface area (Å²) < 4.78 is 0. The molecule has 1 saturated heterocycles. The zero-order valence-corrected chi connectivity index (χ0v) is 15.3. The Balaban J connectivity index is 1.41. The van der Waals surface area contributed by atoms with E-state index in [-0.39, 0.29) is 17.8 Å². The maximum absolute atomic E-state index is 12.9. The number of phenols is 1. The van der Waals surface area contributed by atoms with Gasteiger partial charge < -0.3 is 20.3 Å². The molecule has 1 atom stereocenters. The lowest BCUT2D eigenvalue weighted by Gasteiger charge is -2.36. The molecule has 1 unspecified atom stereocenters. The van der Waals surface area contributed by atoms with E-state index in [0.717, 1.165) is 48.8 Å². The van der Waals surface area contributed by atoms with Crippen LogP contribution >= 0.6 is 0 Å². The van der Waals surface area contributed by atoms with Gasteiger partial charge in [0.25, 0.3) is 0 Å². The number of phenolic OH excluding ortho intramolecular Hbond substituents is 1. The lowest BCUT2D eigenvalue weighted by atomic mass is 9.96. The molecule has 3 aromatic rings. The van der Waals surface area contributed by atoms with E-state index >= 15 is 0 Å². The Morgan fingerprint density at radius 1 is 1.15 bits per heavy atom. The second-order valence-corrected chi connectivity index (χ2v) is 7.26. The lowest BCUT2D eigenvalue weighted by molar-refractivity contribution is 0.158. The molecule has 2 heterocycles. The Morgan fingerprint density at radius 3 is 2.85 bits per heavy atom. The minimum atomic E-state index is -0.0136. The van der Waals surface area contributed by atoms with Crippen LogP contribution in [0, 0.1) is 0 Å². The number of benzene rings is 2. The number of aromatic nitrogens is 1. The number of nitrogens with zero attached hydrogens (tertiary/aromatic N) is 1. The molecule has 3 N–H and O–H groups in total. The van der Waals surface area contributed by atoms with E-state index in [2.05, 4.69) is 10.3 Å².